The Labute approximate surface area is 231 Å². The molecule has 0 unspecified atom stereocenters. The molecule has 0 fully saturated rings. The van der Waals surface area contributed by atoms with Crippen LogP contribution >= 0.6 is 0 Å². The van der Waals surface area contributed by atoms with Gasteiger partial charge in [-0.3, -0.25) is 19.2 Å². The Morgan fingerprint density at radius 3 is 1.00 bits per heavy atom. The molecule has 0 saturated carbocycles. The second-order valence-corrected chi connectivity index (χ2v) is 8.68. The fourth-order valence-corrected chi connectivity index (χ4v) is 4.08. The predicted octanol–water partition coefficient (Wildman–Crippen LogP) is 5.52. The summed E-state index contributed by atoms with van der Waals surface area (Å²) in [5.41, 5.74) is 1.78. The van der Waals surface area contributed by atoms with E-state index >= 15 is 0 Å². The number of methoxy groups -OCH3 is 4. The van der Waals surface area contributed by atoms with Crippen LogP contribution < -0.4 is 18.9 Å². The van der Waals surface area contributed by atoms with E-state index in [-0.39, 0.29) is 22.3 Å². The van der Waals surface area contributed by atoms with Gasteiger partial charge in [-0.2, -0.15) is 0 Å². The topological polar surface area (TPSA) is 105 Å². The fraction of sp³-hybridized carbons (Fsp3) is 0.125. The molecule has 40 heavy (non-hydrogen) atoms. The first kappa shape index (κ1) is 27.8. The van der Waals surface area contributed by atoms with Gasteiger partial charge >= 0.3 is 0 Å². The third kappa shape index (κ3) is 5.91. The van der Waals surface area contributed by atoms with Crippen LogP contribution in [0.25, 0.3) is 11.1 Å². The number of carbonyl (C=O) groups excluding carboxylic acids is 4. The largest absolute Gasteiger partial charge is 0.497 e. The predicted molar refractivity (Wildman–Crippen MR) is 148 cm³/mol. The third-order valence-electron chi connectivity index (χ3n) is 6.22. The van der Waals surface area contributed by atoms with Crippen LogP contribution in [0.4, 0.5) is 0 Å². The van der Waals surface area contributed by atoms with Crippen LogP contribution in [-0.2, 0) is 0 Å². The van der Waals surface area contributed by atoms with Gasteiger partial charge in [-0.1, -0.05) is 36.4 Å². The van der Waals surface area contributed by atoms with Crippen molar-refractivity contribution in [1.82, 2.24) is 0 Å². The highest BCUT2D eigenvalue weighted by Crippen LogP contribution is 2.27. The lowest BCUT2D eigenvalue weighted by Crippen LogP contribution is -2.15. The van der Waals surface area contributed by atoms with Crippen molar-refractivity contribution >= 4 is 23.1 Å². The van der Waals surface area contributed by atoms with Crippen LogP contribution in [0, 0.1) is 0 Å². The van der Waals surface area contributed by atoms with Gasteiger partial charge < -0.3 is 18.9 Å². The fourth-order valence-electron chi connectivity index (χ4n) is 4.08. The van der Waals surface area contributed by atoms with Gasteiger partial charge in [-0.05, 0) is 47.5 Å². The summed E-state index contributed by atoms with van der Waals surface area (Å²) in [6.45, 7) is 0. The van der Waals surface area contributed by atoms with E-state index in [4.69, 9.17) is 18.9 Å². The van der Waals surface area contributed by atoms with E-state index in [1.165, 1.54) is 64.8 Å². The quantitative estimate of drug-likeness (QED) is 0.182. The van der Waals surface area contributed by atoms with Gasteiger partial charge in [0.2, 0.25) is 23.1 Å². The molecule has 0 bridgehead atoms. The lowest BCUT2D eigenvalue weighted by Gasteiger charge is -2.09. The first-order chi connectivity index (χ1) is 19.3. The summed E-state index contributed by atoms with van der Waals surface area (Å²) in [6.07, 6.45) is 0. The molecule has 0 spiro atoms. The minimum absolute atomic E-state index is 0.131. The number of ether oxygens (including phenoxy) is 4. The molecule has 0 heterocycles. The van der Waals surface area contributed by atoms with Crippen molar-refractivity contribution in [3.8, 4) is 34.1 Å². The lowest BCUT2D eigenvalue weighted by molar-refractivity contribution is 0.0816. The summed E-state index contributed by atoms with van der Waals surface area (Å²) >= 11 is 0. The van der Waals surface area contributed by atoms with Crippen molar-refractivity contribution in [2.24, 2.45) is 0 Å². The van der Waals surface area contributed by atoms with Crippen LogP contribution in [0.3, 0.4) is 0 Å². The first-order valence-corrected chi connectivity index (χ1v) is 12.1. The number of carbonyl (C=O) groups is 4. The number of Topliss-reactive ketones (excluding diaryl/α,β-unsaturated/α-hetero) is 4. The molecule has 0 N–H and O–H groups in total. The van der Waals surface area contributed by atoms with Crippen molar-refractivity contribution in [2.75, 3.05) is 28.4 Å². The molecular weight excluding hydrogens is 512 g/mol. The van der Waals surface area contributed by atoms with Gasteiger partial charge in [0.25, 0.3) is 0 Å². The summed E-state index contributed by atoms with van der Waals surface area (Å²) in [7, 11) is 5.81. The van der Waals surface area contributed by atoms with Crippen molar-refractivity contribution in [1.29, 1.82) is 0 Å². The Bertz CT molecular complexity index is 1450. The van der Waals surface area contributed by atoms with E-state index in [1.807, 2.05) is 0 Å². The van der Waals surface area contributed by atoms with Gasteiger partial charge in [-0.25, -0.2) is 0 Å². The van der Waals surface area contributed by atoms with Crippen LogP contribution in [0.1, 0.15) is 41.4 Å². The van der Waals surface area contributed by atoms with E-state index in [0.29, 0.717) is 34.1 Å². The van der Waals surface area contributed by atoms with Crippen LogP contribution in [0.2, 0.25) is 0 Å². The molecule has 202 valence electrons. The van der Waals surface area contributed by atoms with Crippen molar-refractivity contribution < 1.29 is 38.1 Å². The van der Waals surface area contributed by atoms with Crippen LogP contribution in [-0.4, -0.2) is 51.6 Å². The molecular formula is C32H26O8. The molecule has 0 amide bonds. The molecule has 0 aliphatic heterocycles. The Hall–Kier alpha value is -5.24. The average molecular weight is 539 g/mol. The van der Waals surface area contributed by atoms with E-state index in [1.54, 1.807) is 48.5 Å². The Balaban J connectivity index is 1.61. The van der Waals surface area contributed by atoms with Gasteiger partial charge in [0.15, 0.2) is 0 Å². The van der Waals surface area contributed by atoms with Gasteiger partial charge in [-0.15, -0.1) is 0 Å². The number of rotatable bonds is 11. The maximum Gasteiger partial charge on any atom is 0.233 e. The van der Waals surface area contributed by atoms with Crippen molar-refractivity contribution in [2.45, 2.75) is 0 Å². The van der Waals surface area contributed by atoms with E-state index in [9.17, 15) is 19.2 Å². The number of ketones is 4. The molecule has 0 saturated heterocycles. The molecule has 4 aromatic carbocycles. The zero-order valence-corrected chi connectivity index (χ0v) is 22.3. The molecule has 4 rings (SSSR count). The molecule has 4 aromatic rings. The number of hydrogen-bond donors (Lipinski definition) is 0. The van der Waals surface area contributed by atoms with E-state index < -0.39 is 23.1 Å². The summed E-state index contributed by atoms with van der Waals surface area (Å²) < 4.78 is 20.8. The summed E-state index contributed by atoms with van der Waals surface area (Å²) in [5.74, 6) is -1.35. The molecule has 0 aliphatic carbocycles. The molecule has 0 radical (unpaired) electrons. The summed E-state index contributed by atoms with van der Waals surface area (Å²) in [5, 5.41) is 0. The number of hydrogen-bond acceptors (Lipinski definition) is 8. The standard InChI is InChI=1S/C32H26O8/c1-37-25-13-23(14-26(17-25)38-2)31(35)29(33)21-9-5-7-19(11-21)20-8-6-10-22(12-20)30(34)32(36)24-15-27(39-3)18-28(16-24)40-4/h5-18H,1-4H3. The Kier molecular flexibility index (Phi) is 8.39. The smallest absolute Gasteiger partial charge is 0.233 e. The zero-order chi connectivity index (χ0) is 28.8. The third-order valence-corrected chi connectivity index (χ3v) is 6.22. The molecule has 0 atom stereocenters. The van der Waals surface area contributed by atoms with Gasteiger partial charge in [0.05, 0.1) is 28.4 Å². The first-order valence-electron chi connectivity index (χ1n) is 12.1. The monoisotopic (exact) mass is 538 g/mol. The summed E-state index contributed by atoms with van der Waals surface area (Å²) in [4.78, 5) is 52.2. The van der Waals surface area contributed by atoms with E-state index in [2.05, 4.69) is 0 Å². The highest BCUT2D eigenvalue weighted by Gasteiger charge is 2.22. The molecule has 8 nitrogen and oxygen atoms in total. The minimum Gasteiger partial charge on any atom is -0.497 e. The minimum atomic E-state index is -0.724. The average Bonchev–Trinajstić information content (AvgIpc) is 3.02. The highest BCUT2D eigenvalue weighted by atomic mass is 16.5. The lowest BCUT2D eigenvalue weighted by atomic mass is 9.95. The zero-order valence-electron chi connectivity index (χ0n) is 22.3. The Morgan fingerprint density at radius 1 is 0.400 bits per heavy atom. The van der Waals surface area contributed by atoms with E-state index in [0.717, 1.165) is 0 Å². The van der Waals surface area contributed by atoms with Crippen LogP contribution in [0.15, 0.2) is 84.9 Å². The van der Waals surface area contributed by atoms with Gasteiger partial charge in [0, 0.05) is 34.4 Å². The Morgan fingerprint density at radius 2 is 0.700 bits per heavy atom. The van der Waals surface area contributed by atoms with Crippen LogP contribution in [0.5, 0.6) is 23.0 Å². The molecule has 0 aromatic heterocycles. The van der Waals surface area contributed by atoms with Crippen molar-refractivity contribution in [3.63, 3.8) is 0 Å². The SMILES string of the molecule is COc1cc(OC)cc(C(=O)C(=O)c2cccc(-c3cccc(C(=O)C(=O)c4cc(OC)cc(OC)c4)c3)c2)c1. The van der Waals surface area contributed by atoms with Crippen molar-refractivity contribution in [3.05, 3.63) is 107 Å². The summed E-state index contributed by atoms with van der Waals surface area (Å²) in [6, 6.07) is 22.1. The second kappa shape index (κ2) is 12.1. The van der Waals surface area contributed by atoms with Gasteiger partial charge in [0.1, 0.15) is 23.0 Å². The normalized spacial score (nSPS) is 10.4. The number of benzene rings is 4. The molecule has 8 heteroatoms. The maximum atomic E-state index is 13.1. The molecule has 0 aliphatic rings. The maximum absolute atomic E-state index is 13.1. The second-order valence-electron chi connectivity index (χ2n) is 8.68. The highest BCUT2D eigenvalue weighted by molar-refractivity contribution is 6.50.